The Bertz CT molecular complexity index is 1160. The van der Waals surface area contributed by atoms with Gasteiger partial charge in [-0.2, -0.15) is 13.2 Å². The molecule has 1 aromatic carbocycles. The number of rotatable bonds is 9. The topological polar surface area (TPSA) is 100 Å². The van der Waals surface area contributed by atoms with Crippen molar-refractivity contribution in [3.8, 4) is 0 Å². The summed E-state index contributed by atoms with van der Waals surface area (Å²) in [6.07, 6.45) is -0.587. The number of pyridine rings is 1. The molecule has 12 heteroatoms. The number of alkyl halides is 3. The summed E-state index contributed by atoms with van der Waals surface area (Å²) in [6.45, 7) is 5.12. The van der Waals surface area contributed by atoms with E-state index in [-0.39, 0.29) is 24.1 Å². The summed E-state index contributed by atoms with van der Waals surface area (Å²) in [5.41, 5.74) is -0.200. The zero-order chi connectivity index (χ0) is 25.7. The Kier molecular flexibility index (Phi) is 8.65. The highest BCUT2D eigenvalue weighted by atomic mass is 32.2. The van der Waals surface area contributed by atoms with Gasteiger partial charge in [0.2, 0.25) is 15.9 Å². The fourth-order valence-electron chi connectivity index (χ4n) is 2.86. The van der Waals surface area contributed by atoms with Crippen LogP contribution in [0.25, 0.3) is 6.08 Å². The molecule has 186 valence electrons. The molecule has 0 bridgehead atoms. The molecule has 3 N–H and O–H groups in total. The molecule has 0 spiro atoms. The van der Waals surface area contributed by atoms with E-state index < -0.39 is 33.6 Å². The van der Waals surface area contributed by atoms with Gasteiger partial charge in [-0.1, -0.05) is 13.0 Å². The number of carbonyl (C=O) groups excluding carboxylic acids is 1. The molecule has 0 saturated heterocycles. The minimum Gasteiger partial charge on any atom is -0.367 e. The monoisotopic (exact) mass is 502 g/mol. The molecule has 1 amide bonds. The van der Waals surface area contributed by atoms with Crippen molar-refractivity contribution in [3.05, 3.63) is 58.5 Å². The smallest absolute Gasteiger partial charge is 0.367 e. The van der Waals surface area contributed by atoms with E-state index in [9.17, 15) is 30.8 Å². The Hall–Kier alpha value is -3.15. The number of amides is 1. The van der Waals surface area contributed by atoms with E-state index in [2.05, 4.69) is 20.3 Å². The summed E-state index contributed by atoms with van der Waals surface area (Å²) in [5, 5.41) is 5.45. The number of aromatic nitrogens is 1. The third kappa shape index (κ3) is 8.01. The summed E-state index contributed by atoms with van der Waals surface area (Å²) in [7, 11) is -3.66. The zero-order valence-electron chi connectivity index (χ0n) is 19.0. The third-order valence-corrected chi connectivity index (χ3v) is 5.30. The molecule has 1 atom stereocenters. The maximum Gasteiger partial charge on any atom is 0.433 e. The van der Waals surface area contributed by atoms with Crippen molar-refractivity contribution in [2.45, 2.75) is 46.0 Å². The molecular weight excluding hydrogens is 476 g/mol. The Balaban J connectivity index is 2.14. The van der Waals surface area contributed by atoms with Gasteiger partial charge in [0.15, 0.2) is 0 Å². The van der Waals surface area contributed by atoms with Gasteiger partial charge in [-0.3, -0.25) is 9.52 Å². The first kappa shape index (κ1) is 27.1. The lowest BCUT2D eigenvalue weighted by atomic mass is 10.1. The van der Waals surface area contributed by atoms with Gasteiger partial charge < -0.3 is 10.6 Å². The van der Waals surface area contributed by atoms with Crippen LogP contribution >= 0.6 is 0 Å². The van der Waals surface area contributed by atoms with Crippen molar-refractivity contribution >= 4 is 33.5 Å². The largest absolute Gasteiger partial charge is 0.433 e. The Labute approximate surface area is 195 Å². The summed E-state index contributed by atoms with van der Waals surface area (Å²) in [4.78, 5) is 15.9. The van der Waals surface area contributed by atoms with Crippen molar-refractivity contribution in [1.29, 1.82) is 0 Å². The van der Waals surface area contributed by atoms with Crippen LogP contribution in [0, 0.1) is 12.7 Å². The van der Waals surface area contributed by atoms with Crippen molar-refractivity contribution in [1.82, 2.24) is 10.3 Å². The van der Waals surface area contributed by atoms with E-state index in [0.717, 1.165) is 24.5 Å². The van der Waals surface area contributed by atoms with Crippen molar-refractivity contribution in [2.24, 2.45) is 0 Å². The molecule has 0 radical (unpaired) electrons. The number of nitrogens with one attached hydrogen (secondary N) is 3. The first-order chi connectivity index (χ1) is 15.7. The normalized spacial score (nSPS) is 13.1. The van der Waals surface area contributed by atoms with Gasteiger partial charge in [0.25, 0.3) is 0 Å². The second-order valence-corrected chi connectivity index (χ2v) is 9.53. The quantitative estimate of drug-likeness (QED) is 0.347. The highest BCUT2D eigenvalue weighted by Crippen LogP contribution is 2.30. The third-order valence-electron chi connectivity index (χ3n) is 4.73. The van der Waals surface area contributed by atoms with Crippen LogP contribution in [0.15, 0.2) is 30.3 Å². The number of benzene rings is 1. The highest BCUT2D eigenvalue weighted by Gasteiger charge is 2.33. The molecule has 2 aromatic rings. The van der Waals surface area contributed by atoms with Gasteiger partial charge in [0, 0.05) is 24.2 Å². The average Bonchev–Trinajstić information content (AvgIpc) is 2.72. The predicted octanol–water partition coefficient (Wildman–Crippen LogP) is 4.46. The molecule has 0 aliphatic carbocycles. The van der Waals surface area contributed by atoms with Crippen LogP contribution < -0.4 is 15.4 Å². The van der Waals surface area contributed by atoms with Gasteiger partial charge in [0.1, 0.15) is 17.3 Å². The van der Waals surface area contributed by atoms with E-state index >= 15 is 0 Å². The van der Waals surface area contributed by atoms with E-state index in [4.69, 9.17) is 0 Å². The van der Waals surface area contributed by atoms with Crippen LogP contribution in [0.4, 0.5) is 29.1 Å². The lowest BCUT2D eigenvalue weighted by Gasteiger charge is -2.16. The van der Waals surface area contributed by atoms with Gasteiger partial charge in [-0.15, -0.1) is 0 Å². The number of nitrogens with zero attached hydrogens (tertiary/aromatic N) is 1. The predicted molar refractivity (Wildman–Crippen MR) is 123 cm³/mol. The van der Waals surface area contributed by atoms with Crippen LogP contribution in [0.1, 0.15) is 42.7 Å². The fraction of sp³-hybridized carbons (Fsp3) is 0.364. The maximum absolute atomic E-state index is 14.3. The summed E-state index contributed by atoms with van der Waals surface area (Å²) < 4.78 is 78.2. The van der Waals surface area contributed by atoms with Crippen molar-refractivity contribution in [3.63, 3.8) is 0 Å². The number of hydrogen-bond acceptors (Lipinski definition) is 5. The number of sulfonamides is 1. The van der Waals surface area contributed by atoms with Gasteiger partial charge in [-0.25, -0.2) is 17.8 Å². The second kappa shape index (κ2) is 10.9. The van der Waals surface area contributed by atoms with Crippen LogP contribution in [0.3, 0.4) is 0 Å². The van der Waals surface area contributed by atoms with Crippen molar-refractivity contribution in [2.75, 3.05) is 16.3 Å². The highest BCUT2D eigenvalue weighted by molar-refractivity contribution is 7.92. The van der Waals surface area contributed by atoms with E-state index in [1.54, 1.807) is 6.92 Å². The Morgan fingerprint density at radius 2 is 1.91 bits per heavy atom. The van der Waals surface area contributed by atoms with Crippen LogP contribution in [0.2, 0.25) is 0 Å². The molecule has 0 aliphatic rings. The molecule has 1 unspecified atom stereocenters. The van der Waals surface area contributed by atoms with E-state index in [1.165, 1.54) is 25.1 Å². The lowest BCUT2D eigenvalue weighted by Crippen LogP contribution is -2.21. The molecule has 1 heterocycles. The van der Waals surface area contributed by atoms with E-state index in [1.807, 2.05) is 6.92 Å². The lowest BCUT2D eigenvalue weighted by molar-refractivity contribution is -0.141. The van der Waals surface area contributed by atoms with Gasteiger partial charge >= 0.3 is 6.18 Å². The molecule has 0 saturated carbocycles. The SMILES string of the molecule is CCC(C)Nc1nc(C(F)(F)F)ccc1/C=C/C(=O)NCc1cc(C)c(NS(C)(=O)=O)c(F)c1. The summed E-state index contributed by atoms with van der Waals surface area (Å²) in [6, 6.07) is 4.52. The first-order valence-corrected chi connectivity index (χ1v) is 12.2. The number of halogens is 4. The number of anilines is 2. The second-order valence-electron chi connectivity index (χ2n) is 7.78. The minimum absolute atomic E-state index is 0.000105. The van der Waals surface area contributed by atoms with Gasteiger partial charge in [-0.05, 0) is 55.7 Å². The van der Waals surface area contributed by atoms with Crippen molar-refractivity contribution < 1.29 is 30.8 Å². The minimum atomic E-state index is -4.61. The van der Waals surface area contributed by atoms with Crippen LogP contribution in [0.5, 0.6) is 0 Å². The van der Waals surface area contributed by atoms with Crippen LogP contribution in [-0.2, 0) is 27.5 Å². The number of hydrogen-bond donors (Lipinski definition) is 3. The first-order valence-electron chi connectivity index (χ1n) is 10.3. The molecule has 7 nitrogen and oxygen atoms in total. The molecular formula is C22H26F4N4O3S. The molecule has 0 aliphatic heterocycles. The maximum atomic E-state index is 14.3. The number of aryl methyl sites for hydroxylation is 1. The fourth-order valence-corrected chi connectivity index (χ4v) is 3.49. The molecule has 0 fully saturated rings. The Morgan fingerprint density at radius 1 is 1.24 bits per heavy atom. The van der Waals surface area contributed by atoms with E-state index in [0.29, 0.717) is 23.1 Å². The Morgan fingerprint density at radius 3 is 2.47 bits per heavy atom. The van der Waals surface area contributed by atoms with Crippen LogP contribution in [-0.4, -0.2) is 31.6 Å². The molecule has 34 heavy (non-hydrogen) atoms. The summed E-state index contributed by atoms with van der Waals surface area (Å²) in [5.74, 6) is -1.35. The molecule has 2 rings (SSSR count). The number of carbonyl (C=O) groups is 1. The average molecular weight is 503 g/mol. The molecule has 1 aromatic heterocycles. The standard InChI is InChI=1S/C22H26F4N4O3S/c1-5-14(3)28-21-16(6-8-18(29-21)22(24,25)26)7-9-19(31)27-12-15-10-13(2)20(17(23)11-15)30-34(4,32)33/h6-11,14,30H,5,12H2,1-4H3,(H,27,31)(H,28,29)/b9-7+. The summed E-state index contributed by atoms with van der Waals surface area (Å²) >= 11 is 0. The van der Waals surface area contributed by atoms with Gasteiger partial charge in [0.05, 0.1) is 11.9 Å². The zero-order valence-corrected chi connectivity index (χ0v) is 19.9.